The summed E-state index contributed by atoms with van der Waals surface area (Å²) in [5.74, 6) is 0.939. The van der Waals surface area contributed by atoms with Crippen LogP contribution in [0.4, 0.5) is 5.95 Å². The number of nitrogens with one attached hydrogen (secondary N) is 1. The zero-order valence-electron chi connectivity index (χ0n) is 17.5. The van der Waals surface area contributed by atoms with E-state index in [2.05, 4.69) is 20.9 Å². The van der Waals surface area contributed by atoms with Gasteiger partial charge in [0.2, 0.25) is 5.95 Å². The molecule has 0 amide bonds. The number of aromatic nitrogens is 3. The number of hydrogen-bond acceptors (Lipinski definition) is 5. The Morgan fingerprint density at radius 1 is 1.22 bits per heavy atom. The number of hydrogen-bond donors (Lipinski definition) is 2. The third-order valence-electron chi connectivity index (χ3n) is 6.45. The smallest absolute Gasteiger partial charge is 0.223 e. The van der Waals surface area contributed by atoms with Gasteiger partial charge in [0.25, 0.3) is 0 Å². The molecular weight excluding hydrogens is 424 g/mol. The van der Waals surface area contributed by atoms with Gasteiger partial charge in [-0.15, -0.1) is 0 Å². The van der Waals surface area contributed by atoms with Crippen LogP contribution in [0.25, 0.3) is 22.2 Å². The minimum absolute atomic E-state index is 0.246. The summed E-state index contributed by atoms with van der Waals surface area (Å²) in [5.41, 5.74) is 6.10. The summed E-state index contributed by atoms with van der Waals surface area (Å²) in [5, 5.41) is 16.1. The molecule has 162 valence electrons. The van der Waals surface area contributed by atoms with Crippen molar-refractivity contribution in [3.8, 4) is 17.0 Å². The summed E-state index contributed by atoms with van der Waals surface area (Å²) in [6, 6.07) is 14.2. The van der Waals surface area contributed by atoms with Crippen LogP contribution in [-0.4, -0.2) is 38.9 Å². The molecule has 2 aromatic heterocycles. The SMILES string of the molecule is Oc1c(Cc2ccccc2Cl)n2c3c(cc(-c4ccnc(NC5CCOC5)n4)cc13)CC2. The van der Waals surface area contributed by atoms with E-state index in [9.17, 15) is 5.11 Å². The second kappa shape index (κ2) is 7.80. The quantitative estimate of drug-likeness (QED) is 0.460. The van der Waals surface area contributed by atoms with Crippen molar-refractivity contribution in [1.29, 1.82) is 0 Å². The Morgan fingerprint density at radius 2 is 2.12 bits per heavy atom. The van der Waals surface area contributed by atoms with Crippen molar-refractivity contribution >= 4 is 28.5 Å². The Hall–Kier alpha value is -3.09. The maximum atomic E-state index is 11.2. The molecule has 0 bridgehead atoms. The number of anilines is 1. The van der Waals surface area contributed by atoms with E-state index >= 15 is 0 Å². The van der Waals surface area contributed by atoms with Crippen LogP contribution >= 0.6 is 11.6 Å². The molecule has 6 nitrogen and oxygen atoms in total. The summed E-state index contributed by atoms with van der Waals surface area (Å²) >= 11 is 6.40. The first-order valence-corrected chi connectivity index (χ1v) is 11.3. The van der Waals surface area contributed by atoms with Gasteiger partial charge in [0.1, 0.15) is 5.75 Å². The van der Waals surface area contributed by atoms with Crippen LogP contribution in [0.5, 0.6) is 5.75 Å². The van der Waals surface area contributed by atoms with Gasteiger partial charge in [-0.3, -0.25) is 0 Å². The number of rotatable bonds is 5. The van der Waals surface area contributed by atoms with E-state index in [-0.39, 0.29) is 6.04 Å². The molecule has 0 saturated carbocycles. The molecule has 2 aliphatic heterocycles. The molecule has 2 aromatic carbocycles. The van der Waals surface area contributed by atoms with Gasteiger partial charge in [0.15, 0.2) is 0 Å². The topological polar surface area (TPSA) is 72.2 Å². The Morgan fingerprint density at radius 3 is 2.97 bits per heavy atom. The van der Waals surface area contributed by atoms with Crippen molar-refractivity contribution in [2.45, 2.75) is 31.8 Å². The highest BCUT2D eigenvalue weighted by Gasteiger charge is 2.25. The second-order valence-corrected chi connectivity index (χ2v) is 8.87. The molecule has 1 unspecified atom stereocenters. The van der Waals surface area contributed by atoms with Crippen LogP contribution in [0.2, 0.25) is 5.02 Å². The predicted octanol–water partition coefficient (Wildman–Crippen LogP) is 4.81. The summed E-state index contributed by atoms with van der Waals surface area (Å²) < 4.78 is 7.67. The van der Waals surface area contributed by atoms with Crippen molar-refractivity contribution in [2.24, 2.45) is 0 Å². The standard InChI is InChI=1S/C25H23ClN4O2/c26-20-4-2-1-3-15(20)13-22-24(31)19-12-17(11-16-6-9-30(22)23(16)19)21-5-8-27-25(29-21)28-18-7-10-32-14-18/h1-5,8,11-12,18,31H,6-7,9-10,13-14H2,(H,27,28,29). The number of ether oxygens (including phenoxy) is 1. The molecule has 1 saturated heterocycles. The number of aromatic hydroxyl groups is 1. The monoisotopic (exact) mass is 446 g/mol. The van der Waals surface area contributed by atoms with Crippen LogP contribution < -0.4 is 5.32 Å². The Labute approximate surface area is 190 Å². The third kappa shape index (κ3) is 3.31. The zero-order valence-corrected chi connectivity index (χ0v) is 18.3. The Bertz CT molecular complexity index is 1330. The zero-order chi connectivity index (χ0) is 21.7. The summed E-state index contributed by atoms with van der Waals surface area (Å²) in [4.78, 5) is 9.11. The lowest BCUT2D eigenvalue weighted by Crippen LogP contribution is -2.20. The van der Waals surface area contributed by atoms with Gasteiger partial charge in [-0.1, -0.05) is 29.8 Å². The van der Waals surface area contributed by atoms with Crippen molar-refractivity contribution in [1.82, 2.24) is 14.5 Å². The Kier molecular flexibility index (Phi) is 4.77. The van der Waals surface area contributed by atoms with Gasteiger partial charge in [-0.05, 0) is 48.2 Å². The molecule has 4 aromatic rings. The van der Waals surface area contributed by atoms with Crippen LogP contribution in [0.1, 0.15) is 23.2 Å². The molecule has 7 heteroatoms. The van der Waals surface area contributed by atoms with Crippen LogP contribution in [0.15, 0.2) is 48.7 Å². The Balaban J connectivity index is 1.40. The van der Waals surface area contributed by atoms with Crippen molar-refractivity contribution in [3.63, 3.8) is 0 Å². The molecule has 4 heterocycles. The maximum Gasteiger partial charge on any atom is 0.223 e. The maximum absolute atomic E-state index is 11.2. The van der Waals surface area contributed by atoms with E-state index in [0.717, 1.165) is 64.4 Å². The normalized spacial score (nSPS) is 17.3. The van der Waals surface area contributed by atoms with E-state index < -0.39 is 0 Å². The molecule has 1 fully saturated rings. The van der Waals surface area contributed by atoms with Gasteiger partial charge in [0, 0.05) is 41.7 Å². The fourth-order valence-electron chi connectivity index (χ4n) is 4.85. The van der Waals surface area contributed by atoms with Gasteiger partial charge in [-0.25, -0.2) is 9.97 Å². The highest BCUT2D eigenvalue weighted by molar-refractivity contribution is 6.31. The number of benzene rings is 2. The fraction of sp³-hybridized carbons (Fsp3) is 0.280. The van der Waals surface area contributed by atoms with Crippen molar-refractivity contribution < 1.29 is 9.84 Å². The molecule has 6 rings (SSSR count). The van der Waals surface area contributed by atoms with Crippen molar-refractivity contribution in [3.05, 3.63) is 70.5 Å². The first-order valence-electron chi connectivity index (χ1n) is 11.0. The number of nitrogens with zero attached hydrogens (tertiary/aromatic N) is 3. The minimum atomic E-state index is 0.246. The van der Waals surface area contributed by atoms with E-state index in [1.807, 2.05) is 36.4 Å². The van der Waals surface area contributed by atoms with Gasteiger partial charge in [0.05, 0.1) is 29.6 Å². The minimum Gasteiger partial charge on any atom is -0.505 e. The number of aryl methyl sites for hydroxylation is 2. The lowest BCUT2D eigenvalue weighted by atomic mass is 10.0. The first-order chi connectivity index (χ1) is 15.7. The third-order valence-corrected chi connectivity index (χ3v) is 6.82. The van der Waals surface area contributed by atoms with Crippen LogP contribution in [0.3, 0.4) is 0 Å². The van der Waals surface area contributed by atoms with Crippen LogP contribution in [0, 0.1) is 0 Å². The number of halogens is 1. The lowest BCUT2D eigenvalue weighted by Gasteiger charge is -2.11. The van der Waals surface area contributed by atoms with Crippen molar-refractivity contribution in [2.75, 3.05) is 18.5 Å². The van der Waals surface area contributed by atoms with E-state index in [0.29, 0.717) is 24.7 Å². The fourth-order valence-corrected chi connectivity index (χ4v) is 5.05. The predicted molar refractivity (Wildman–Crippen MR) is 125 cm³/mol. The van der Waals surface area contributed by atoms with Crippen LogP contribution in [-0.2, 0) is 24.1 Å². The highest BCUT2D eigenvalue weighted by atomic mass is 35.5. The van der Waals surface area contributed by atoms with Gasteiger partial charge >= 0.3 is 0 Å². The molecular formula is C25H23ClN4O2. The van der Waals surface area contributed by atoms with Gasteiger partial charge in [-0.2, -0.15) is 0 Å². The first kappa shape index (κ1) is 19.6. The van der Waals surface area contributed by atoms with E-state index in [1.165, 1.54) is 5.56 Å². The average molecular weight is 447 g/mol. The molecule has 2 N–H and O–H groups in total. The summed E-state index contributed by atoms with van der Waals surface area (Å²) in [6.07, 6.45) is 4.27. The lowest BCUT2D eigenvalue weighted by molar-refractivity contribution is 0.195. The molecule has 0 radical (unpaired) electrons. The summed E-state index contributed by atoms with van der Waals surface area (Å²) in [6.45, 7) is 2.30. The highest BCUT2D eigenvalue weighted by Crippen LogP contribution is 2.41. The second-order valence-electron chi connectivity index (χ2n) is 8.47. The molecule has 1 atom stereocenters. The molecule has 0 spiro atoms. The summed E-state index contributed by atoms with van der Waals surface area (Å²) in [7, 11) is 0. The molecule has 0 aliphatic carbocycles. The van der Waals surface area contributed by atoms with E-state index in [4.69, 9.17) is 21.3 Å². The van der Waals surface area contributed by atoms with E-state index in [1.54, 1.807) is 6.20 Å². The molecule has 32 heavy (non-hydrogen) atoms. The van der Waals surface area contributed by atoms with Gasteiger partial charge < -0.3 is 19.7 Å². The average Bonchev–Trinajstić information content (AvgIpc) is 3.53. The largest absolute Gasteiger partial charge is 0.505 e. The molecule has 2 aliphatic rings.